The number of hydrazone groups is 1. The predicted molar refractivity (Wildman–Crippen MR) is 134 cm³/mol. The first-order valence-corrected chi connectivity index (χ1v) is 11.0. The van der Waals surface area contributed by atoms with Gasteiger partial charge in [-0.2, -0.15) is 5.10 Å². The number of amides is 2. The van der Waals surface area contributed by atoms with Crippen molar-refractivity contribution in [2.45, 2.75) is 20.5 Å². The topological polar surface area (TPSA) is 89.0 Å². The fraction of sp³-hybridized carbons (Fsp3) is 0.160. The number of rotatable bonds is 7. The van der Waals surface area contributed by atoms with Gasteiger partial charge in [-0.1, -0.05) is 47.5 Å². The van der Waals surface area contributed by atoms with Crippen molar-refractivity contribution in [3.63, 3.8) is 0 Å². The first kappa shape index (κ1) is 25.1. The average molecular weight is 500 g/mol. The second-order valence-electron chi connectivity index (χ2n) is 7.37. The largest absolute Gasteiger partial charge is 0.493 e. The smallest absolute Gasteiger partial charge is 0.329 e. The number of methoxy groups -OCH3 is 1. The molecule has 2 N–H and O–H groups in total. The van der Waals surface area contributed by atoms with Crippen LogP contribution in [-0.2, 0) is 16.2 Å². The van der Waals surface area contributed by atoms with E-state index in [0.29, 0.717) is 32.8 Å². The number of aryl methyl sites for hydroxylation is 2. The molecule has 34 heavy (non-hydrogen) atoms. The molecule has 0 aliphatic rings. The van der Waals surface area contributed by atoms with Crippen molar-refractivity contribution in [1.82, 2.24) is 5.43 Å². The summed E-state index contributed by atoms with van der Waals surface area (Å²) in [6.07, 6.45) is 1.40. The van der Waals surface area contributed by atoms with Gasteiger partial charge in [-0.05, 0) is 66.4 Å². The molecule has 7 nitrogen and oxygen atoms in total. The van der Waals surface area contributed by atoms with Crippen molar-refractivity contribution < 1.29 is 19.1 Å². The normalized spacial score (nSPS) is 10.7. The van der Waals surface area contributed by atoms with E-state index in [4.69, 9.17) is 32.7 Å². The Morgan fingerprint density at radius 2 is 1.68 bits per heavy atom. The van der Waals surface area contributed by atoms with Crippen molar-refractivity contribution in [3.8, 4) is 11.5 Å². The lowest BCUT2D eigenvalue weighted by molar-refractivity contribution is -0.136. The van der Waals surface area contributed by atoms with E-state index in [1.54, 1.807) is 30.3 Å². The summed E-state index contributed by atoms with van der Waals surface area (Å²) in [6, 6.07) is 16.0. The number of benzene rings is 3. The molecule has 176 valence electrons. The first-order valence-electron chi connectivity index (χ1n) is 10.2. The standard InChI is InChI=1S/C25H23Cl2N3O4/c1-15-5-4-6-16(2)23(15)29-24(31)25(32)30-28-13-17-8-10-21(22(12-17)33-3)34-14-18-7-9-19(26)20(27)11-18/h4-13H,14H2,1-3H3,(H,29,31)(H,30,32)/b28-13-. The SMILES string of the molecule is COc1cc(/C=N\NC(=O)C(=O)Nc2c(C)cccc2C)ccc1OCc1ccc(Cl)c(Cl)c1. The summed E-state index contributed by atoms with van der Waals surface area (Å²) in [4.78, 5) is 24.3. The van der Waals surface area contributed by atoms with Gasteiger partial charge in [0.15, 0.2) is 11.5 Å². The number of nitrogens with zero attached hydrogens (tertiary/aromatic N) is 1. The Hall–Kier alpha value is -3.55. The van der Waals surface area contributed by atoms with Gasteiger partial charge >= 0.3 is 11.8 Å². The Morgan fingerprint density at radius 3 is 2.35 bits per heavy atom. The molecule has 2 amide bonds. The van der Waals surface area contributed by atoms with Crippen LogP contribution in [0.1, 0.15) is 22.3 Å². The molecule has 0 aromatic heterocycles. The number of anilines is 1. The van der Waals surface area contributed by atoms with E-state index in [0.717, 1.165) is 16.7 Å². The minimum absolute atomic E-state index is 0.270. The summed E-state index contributed by atoms with van der Waals surface area (Å²) in [5.41, 5.74) is 6.03. The van der Waals surface area contributed by atoms with Gasteiger partial charge in [0.05, 0.1) is 23.4 Å². The molecule has 3 aromatic rings. The summed E-state index contributed by atoms with van der Waals surface area (Å²) in [5, 5.41) is 7.39. The Labute approximate surface area is 207 Å². The van der Waals surface area contributed by atoms with Crippen LogP contribution in [0.5, 0.6) is 11.5 Å². The second-order valence-corrected chi connectivity index (χ2v) is 8.18. The van der Waals surface area contributed by atoms with Crippen LogP contribution in [0, 0.1) is 13.8 Å². The van der Waals surface area contributed by atoms with Crippen LogP contribution in [0.2, 0.25) is 10.0 Å². The summed E-state index contributed by atoms with van der Waals surface area (Å²) in [7, 11) is 1.52. The van der Waals surface area contributed by atoms with Crippen molar-refractivity contribution in [1.29, 1.82) is 0 Å². The van der Waals surface area contributed by atoms with Gasteiger partial charge in [0.2, 0.25) is 0 Å². The number of carbonyl (C=O) groups is 2. The zero-order valence-corrected chi connectivity index (χ0v) is 20.3. The molecular formula is C25H23Cl2N3O4. The van der Waals surface area contributed by atoms with Crippen molar-refractivity contribution in [2.24, 2.45) is 5.10 Å². The monoisotopic (exact) mass is 499 g/mol. The highest BCUT2D eigenvalue weighted by molar-refractivity contribution is 6.42. The van der Waals surface area contributed by atoms with Gasteiger partial charge in [-0.3, -0.25) is 9.59 Å². The predicted octanol–water partition coefficient (Wildman–Crippen LogP) is 5.29. The molecule has 0 unspecified atom stereocenters. The van der Waals surface area contributed by atoms with Gasteiger partial charge < -0.3 is 14.8 Å². The van der Waals surface area contributed by atoms with Crippen LogP contribution < -0.4 is 20.2 Å². The molecule has 3 rings (SSSR count). The molecule has 0 saturated carbocycles. The van der Waals surface area contributed by atoms with E-state index in [9.17, 15) is 9.59 Å². The molecule has 0 heterocycles. The van der Waals surface area contributed by atoms with E-state index in [1.165, 1.54) is 13.3 Å². The van der Waals surface area contributed by atoms with Crippen LogP contribution in [0.25, 0.3) is 0 Å². The third kappa shape index (κ3) is 6.50. The fourth-order valence-electron chi connectivity index (χ4n) is 3.07. The van der Waals surface area contributed by atoms with E-state index < -0.39 is 11.8 Å². The van der Waals surface area contributed by atoms with Crippen molar-refractivity contribution >= 4 is 46.9 Å². The van der Waals surface area contributed by atoms with Gasteiger partial charge in [-0.15, -0.1) is 0 Å². The summed E-state index contributed by atoms with van der Waals surface area (Å²) in [5.74, 6) is -0.698. The molecule has 0 bridgehead atoms. The third-order valence-corrected chi connectivity index (χ3v) is 5.61. The van der Waals surface area contributed by atoms with Crippen LogP contribution in [0.15, 0.2) is 59.7 Å². The van der Waals surface area contributed by atoms with Gasteiger partial charge in [0.1, 0.15) is 6.61 Å². The zero-order valence-electron chi connectivity index (χ0n) is 18.8. The molecule has 0 saturated heterocycles. The maximum Gasteiger partial charge on any atom is 0.329 e. The summed E-state index contributed by atoms with van der Waals surface area (Å²) >= 11 is 12.0. The molecule has 3 aromatic carbocycles. The van der Waals surface area contributed by atoms with Crippen LogP contribution in [0.3, 0.4) is 0 Å². The lowest BCUT2D eigenvalue weighted by Crippen LogP contribution is -2.32. The molecule has 0 fully saturated rings. The van der Waals surface area contributed by atoms with Gasteiger partial charge in [-0.25, -0.2) is 5.43 Å². The van der Waals surface area contributed by atoms with Gasteiger partial charge in [0.25, 0.3) is 0 Å². The fourth-order valence-corrected chi connectivity index (χ4v) is 3.39. The maximum atomic E-state index is 12.2. The molecular weight excluding hydrogens is 477 g/mol. The quantitative estimate of drug-likeness (QED) is 0.262. The molecule has 0 aliphatic carbocycles. The van der Waals surface area contributed by atoms with E-state index in [-0.39, 0.29) is 6.61 Å². The highest BCUT2D eigenvalue weighted by atomic mass is 35.5. The second kappa shape index (κ2) is 11.5. The Morgan fingerprint density at radius 1 is 0.941 bits per heavy atom. The molecule has 0 spiro atoms. The Balaban J connectivity index is 1.59. The molecule has 0 radical (unpaired) electrons. The van der Waals surface area contributed by atoms with Crippen molar-refractivity contribution in [3.05, 3.63) is 86.9 Å². The number of para-hydroxylation sites is 1. The number of ether oxygens (including phenoxy) is 2. The highest BCUT2D eigenvalue weighted by Crippen LogP contribution is 2.29. The van der Waals surface area contributed by atoms with Gasteiger partial charge in [0, 0.05) is 5.69 Å². The number of hydrogen-bond acceptors (Lipinski definition) is 5. The van der Waals surface area contributed by atoms with Crippen molar-refractivity contribution in [2.75, 3.05) is 12.4 Å². The van der Waals surface area contributed by atoms with Crippen LogP contribution >= 0.6 is 23.2 Å². The number of hydrogen-bond donors (Lipinski definition) is 2. The minimum atomic E-state index is -0.882. The molecule has 0 aliphatic heterocycles. The average Bonchev–Trinajstić information content (AvgIpc) is 2.82. The van der Waals surface area contributed by atoms with E-state index >= 15 is 0 Å². The first-order chi connectivity index (χ1) is 16.3. The Kier molecular flexibility index (Phi) is 8.51. The number of halogens is 2. The van der Waals surface area contributed by atoms with E-state index in [1.807, 2.05) is 38.1 Å². The zero-order chi connectivity index (χ0) is 24.7. The van der Waals surface area contributed by atoms with Crippen LogP contribution in [0.4, 0.5) is 5.69 Å². The minimum Gasteiger partial charge on any atom is -0.493 e. The summed E-state index contributed by atoms with van der Waals surface area (Å²) < 4.78 is 11.2. The lowest BCUT2D eigenvalue weighted by atomic mass is 10.1. The molecule has 0 atom stereocenters. The lowest BCUT2D eigenvalue weighted by Gasteiger charge is -2.12. The maximum absolute atomic E-state index is 12.2. The number of nitrogens with one attached hydrogen (secondary N) is 2. The van der Waals surface area contributed by atoms with E-state index in [2.05, 4.69) is 15.8 Å². The Bertz CT molecular complexity index is 1220. The summed E-state index contributed by atoms with van der Waals surface area (Å²) in [6.45, 7) is 3.97. The number of carbonyl (C=O) groups excluding carboxylic acids is 2. The third-order valence-electron chi connectivity index (χ3n) is 4.87. The molecule has 9 heteroatoms. The highest BCUT2D eigenvalue weighted by Gasteiger charge is 2.15. The van der Waals surface area contributed by atoms with Crippen LogP contribution in [-0.4, -0.2) is 25.1 Å².